The summed E-state index contributed by atoms with van der Waals surface area (Å²) < 4.78 is 11.2. The van der Waals surface area contributed by atoms with Gasteiger partial charge in [0, 0.05) is 30.8 Å². The average Bonchev–Trinajstić information content (AvgIpc) is 2.78. The topological polar surface area (TPSA) is 67.9 Å². The lowest BCUT2D eigenvalue weighted by molar-refractivity contribution is -0.116. The van der Waals surface area contributed by atoms with Crippen LogP contribution in [0.4, 0.5) is 5.69 Å². The lowest BCUT2D eigenvalue weighted by Crippen LogP contribution is -2.42. The van der Waals surface area contributed by atoms with E-state index in [1.165, 1.54) is 0 Å². The number of benzene rings is 2. The second-order valence-electron chi connectivity index (χ2n) is 9.21. The molecule has 0 saturated carbocycles. The van der Waals surface area contributed by atoms with Crippen LogP contribution in [0.1, 0.15) is 48.2 Å². The Morgan fingerprint density at radius 2 is 1.72 bits per heavy atom. The van der Waals surface area contributed by atoms with Gasteiger partial charge in [0.1, 0.15) is 13.2 Å². The zero-order chi connectivity index (χ0) is 22.7. The summed E-state index contributed by atoms with van der Waals surface area (Å²) >= 11 is 0. The van der Waals surface area contributed by atoms with Crippen molar-refractivity contribution in [1.29, 1.82) is 0 Å². The number of likely N-dealkylation sites (tertiary alicyclic amines) is 1. The van der Waals surface area contributed by atoms with Gasteiger partial charge in [-0.05, 0) is 67.0 Å². The zero-order valence-electron chi connectivity index (χ0n) is 19.1. The molecule has 0 radical (unpaired) electrons. The third kappa shape index (κ3) is 5.23. The van der Waals surface area contributed by atoms with Gasteiger partial charge in [-0.1, -0.05) is 26.0 Å². The summed E-state index contributed by atoms with van der Waals surface area (Å²) in [5.74, 6) is 2.46. The summed E-state index contributed by atoms with van der Waals surface area (Å²) in [6.45, 7) is 9.00. The Labute approximate surface area is 189 Å². The fourth-order valence-corrected chi connectivity index (χ4v) is 4.61. The molecule has 4 rings (SSSR count). The van der Waals surface area contributed by atoms with E-state index in [1.807, 2.05) is 48.2 Å². The molecule has 2 aliphatic rings. The van der Waals surface area contributed by atoms with Crippen LogP contribution in [0.5, 0.6) is 11.5 Å². The highest BCUT2D eigenvalue weighted by Crippen LogP contribution is 2.31. The lowest BCUT2D eigenvalue weighted by atomic mass is 9.91. The Kier molecular flexibility index (Phi) is 6.68. The Balaban J connectivity index is 1.38. The number of carbonyl (C=O) groups excluding carboxylic acids is 2. The van der Waals surface area contributed by atoms with E-state index < -0.39 is 0 Å². The van der Waals surface area contributed by atoms with E-state index in [-0.39, 0.29) is 11.8 Å². The number of hydrogen-bond acceptors (Lipinski definition) is 4. The standard InChI is InChI=1S/C26H32N2O4/c1-17-12-18(2)16-28(15-17)26(30)21-7-4-19(3)22(14-21)27-25(29)9-6-20-5-8-23-24(13-20)32-11-10-31-23/h4-5,7-8,13-14,17-18H,6,9-12,15-16H2,1-3H3,(H,27,29). The summed E-state index contributed by atoms with van der Waals surface area (Å²) in [7, 11) is 0. The molecule has 2 amide bonds. The van der Waals surface area contributed by atoms with Crippen molar-refractivity contribution in [3.63, 3.8) is 0 Å². The highest BCUT2D eigenvalue weighted by atomic mass is 16.6. The molecule has 6 heteroatoms. The molecule has 2 aliphatic heterocycles. The molecular weight excluding hydrogens is 404 g/mol. The number of carbonyl (C=O) groups is 2. The maximum absolute atomic E-state index is 13.1. The third-order valence-corrected chi connectivity index (χ3v) is 6.16. The van der Waals surface area contributed by atoms with E-state index >= 15 is 0 Å². The van der Waals surface area contributed by atoms with Crippen LogP contribution in [-0.4, -0.2) is 43.0 Å². The molecular formula is C26H32N2O4. The molecule has 2 aromatic carbocycles. The lowest BCUT2D eigenvalue weighted by Gasteiger charge is -2.35. The Morgan fingerprint density at radius 3 is 2.47 bits per heavy atom. The molecule has 0 spiro atoms. The van der Waals surface area contributed by atoms with Gasteiger partial charge in [-0.25, -0.2) is 0 Å². The molecule has 6 nitrogen and oxygen atoms in total. The maximum Gasteiger partial charge on any atom is 0.253 e. The van der Waals surface area contributed by atoms with Gasteiger partial charge < -0.3 is 19.7 Å². The third-order valence-electron chi connectivity index (χ3n) is 6.16. The van der Waals surface area contributed by atoms with Crippen LogP contribution in [0, 0.1) is 18.8 Å². The Hall–Kier alpha value is -3.02. The first kappa shape index (κ1) is 22.2. The molecule has 2 heterocycles. The first-order valence-corrected chi connectivity index (χ1v) is 11.5. The smallest absolute Gasteiger partial charge is 0.253 e. The van der Waals surface area contributed by atoms with Gasteiger partial charge in [-0.15, -0.1) is 0 Å². The fraction of sp³-hybridized carbons (Fsp3) is 0.462. The van der Waals surface area contributed by atoms with E-state index in [0.29, 0.717) is 49.1 Å². The number of nitrogens with one attached hydrogen (secondary N) is 1. The second kappa shape index (κ2) is 9.63. The number of rotatable bonds is 5. The van der Waals surface area contributed by atoms with Crippen LogP contribution >= 0.6 is 0 Å². The quantitative estimate of drug-likeness (QED) is 0.752. The summed E-state index contributed by atoms with van der Waals surface area (Å²) in [4.78, 5) is 27.6. The number of amides is 2. The minimum Gasteiger partial charge on any atom is -0.486 e. The summed E-state index contributed by atoms with van der Waals surface area (Å²) in [6.07, 6.45) is 2.10. The van der Waals surface area contributed by atoms with Crippen molar-refractivity contribution in [2.24, 2.45) is 11.8 Å². The molecule has 0 bridgehead atoms. The zero-order valence-corrected chi connectivity index (χ0v) is 19.1. The van der Waals surface area contributed by atoms with E-state index in [2.05, 4.69) is 19.2 Å². The average molecular weight is 437 g/mol. The van der Waals surface area contributed by atoms with Crippen molar-refractivity contribution < 1.29 is 19.1 Å². The normalized spacial score (nSPS) is 20.0. The molecule has 2 aromatic rings. The molecule has 0 aliphatic carbocycles. The molecule has 2 atom stereocenters. The predicted octanol–water partition coefficient (Wildman–Crippen LogP) is 4.46. The SMILES string of the molecule is Cc1ccc(C(=O)N2CC(C)CC(C)C2)cc1NC(=O)CCc1ccc2c(c1)OCCO2. The summed E-state index contributed by atoms with van der Waals surface area (Å²) in [5.41, 5.74) is 3.29. The first-order valence-electron chi connectivity index (χ1n) is 11.5. The summed E-state index contributed by atoms with van der Waals surface area (Å²) in [6, 6.07) is 11.4. The molecule has 1 N–H and O–H groups in total. The number of fused-ring (bicyclic) bond motifs is 1. The van der Waals surface area contributed by atoms with E-state index in [9.17, 15) is 9.59 Å². The van der Waals surface area contributed by atoms with Crippen molar-refractivity contribution in [3.05, 3.63) is 53.1 Å². The minimum absolute atomic E-state index is 0.0372. The van der Waals surface area contributed by atoms with E-state index in [0.717, 1.165) is 42.1 Å². The van der Waals surface area contributed by atoms with Crippen molar-refractivity contribution >= 4 is 17.5 Å². The number of piperidine rings is 1. The predicted molar refractivity (Wildman–Crippen MR) is 124 cm³/mol. The number of anilines is 1. The van der Waals surface area contributed by atoms with E-state index in [1.54, 1.807) is 0 Å². The van der Waals surface area contributed by atoms with Gasteiger partial charge >= 0.3 is 0 Å². The number of ether oxygens (including phenoxy) is 2. The van der Waals surface area contributed by atoms with Crippen LogP contribution in [-0.2, 0) is 11.2 Å². The van der Waals surface area contributed by atoms with Gasteiger partial charge in [0.25, 0.3) is 5.91 Å². The molecule has 2 unspecified atom stereocenters. The van der Waals surface area contributed by atoms with Crippen LogP contribution in [0.25, 0.3) is 0 Å². The second-order valence-corrected chi connectivity index (χ2v) is 9.21. The number of hydrogen-bond donors (Lipinski definition) is 1. The molecule has 170 valence electrons. The van der Waals surface area contributed by atoms with Crippen molar-refractivity contribution in [2.45, 2.75) is 40.0 Å². The first-order chi connectivity index (χ1) is 15.4. The van der Waals surface area contributed by atoms with Crippen molar-refractivity contribution in [1.82, 2.24) is 4.90 Å². The monoisotopic (exact) mass is 436 g/mol. The fourth-order valence-electron chi connectivity index (χ4n) is 4.61. The van der Waals surface area contributed by atoms with Crippen LogP contribution in [0.3, 0.4) is 0 Å². The van der Waals surface area contributed by atoms with Crippen LogP contribution in [0.15, 0.2) is 36.4 Å². The van der Waals surface area contributed by atoms with Gasteiger partial charge in [-0.2, -0.15) is 0 Å². The van der Waals surface area contributed by atoms with Gasteiger partial charge in [-0.3, -0.25) is 9.59 Å². The van der Waals surface area contributed by atoms with Gasteiger partial charge in [0.05, 0.1) is 0 Å². The van der Waals surface area contributed by atoms with Crippen LogP contribution in [0.2, 0.25) is 0 Å². The highest BCUT2D eigenvalue weighted by Gasteiger charge is 2.26. The van der Waals surface area contributed by atoms with Crippen molar-refractivity contribution in [3.8, 4) is 11.5 Å². The van der Waals surface area contributed by atoms with Crippen LogP contribution < -0.4 is 14.8 Å². The molecule has 1 fully saturated rings. The summed E-state index contributed by atoms with van der Waals surface area (Å²) in [5, 5.41) is 2.99. The van der Waals surface area contributed by atoms with E-state index in [4.69, 9.17) is 9.47 Å². The molecule has 0 aromatic heterocycles. The highest BCUT2D eigenvalue weighted by molar-refractivity contribution is 5.98. The van der Waals surface area contributed by atoms with Gasteiger partial charge in [0.2, 0.25) is 5.91 Å². The number of nitrogens with zero attached hydrogens (tertiary/aromatic N) is 1. The molecule has 1 saturated heterocycles. The number of aryl methyl sites for hydroxylation is 2. The Morgan fingerprint density at radius 1 is 1.00 bits per heavy atom. The largest absolute Gasteiger partial charge is 0.486 e. The maximum atomic E-state index is 13.1. The molecule has 32 heavy (non-hydrogen) atoms. The minimum atomic E-state index is -0.0761. The Bertz CT molecular complexity index is 993. The van der Waals surface area contributed by atoms with Crippen molar-refractivity contribution in [2.75, 3.05) is 31.6 Å². The van der Waals surface area contributed by atoms with Gasteiger partial charge in [0.15, 0.2) is 11.5 Å².